The third-order valence-corrected chi connectivity index (χ3v) is 3.40. The first kappa shape index (κ1) is 16.8. The third kappa shape index (κ3) is 4.19. The van der Waals surface area contributed by atoms with E-state index in [1.54, 1.807) is 6.21 Å². The Morgan fingerprint density at radius 1 is 1.26 bits per heavy atom. The highest BCUT2D eigenvalue weighted by Gasteiger charge is 2.15. The van der Waals surface area contributed by atoms with Crippen LogP contribution in [0.5, 0.6) is 0 Å². The van der Waals surface area contributed by atoms with Crippen molar-refractivity contribution >= 4 is 12.1 Å². The summed E-state index contributed by atoms with van der Waals surface area (Å²) in [6.45, 7) is 10.4. The van der Waals surface area contributed by atoms with E-state index >= 15 is 0 Å². The van der Waals surface area contributed by atoms with Crippen molar-refractivity contribution in [1.82, 2.24) is 4.98 Å². The molecule has 5 nitrogen and oxygen atoms in total. The Bertz CT molecular complexity index is 728. The number of benzene rings is 1. The van der Waals surface area contributed by atoms with Crippen LogP contribution in [0.4, 0.5) is 5.88 Å². The molecule has 0 radical (unpaired) electrons. The molecule has 0 saturated heterocycles. The lowest BCUT2D eigenvalue weighted by Crippen LogP contribution is -2.10. The Kier molecular flexibility index (Phi) is 4.85. The van der Waals surface area contributed by atoms with Crippen molar-refractivity contribution in [3.8, 4) is 6.07 Å². The normalized spacial score (nSPS) is 11.9. The average Bonchev–Trinajstić information content (AvgIpc) is 2.90. The van der Waals surface area contributed by atoms with Crippen LogP contribution in [0.15, 0.2) is 33.8 Å². The minimum Gasteiger partial charge on any atom is -0.422 e. The van der Waals surface area contributed by atoms with Gasteiger partial charge in [0.05, 0.1) is 6.21 Å². The summed E-state index contributed by atoms with van der Waals surface area (Å²) >= 11 is 0. The molecule has 2 aromatic rings. The largest absolute Gasteiger partial charge is 0.422 e. The predicted molar refractivity (Wildman–Crippen MR) is 91.7 cm³/mol. The number of hydrogen-bond donors (Lipinski definition) is 1. The van der Waals surface area contributed by atoms with Gasteiger partial charge in [0.25, 0.3) is 5.88 Å². The number of hydrogen-bond acceptors (Lipinski definition) is 5. The zero-order valence-corrected chi connectivity index (χ0v) is 14.2. The van der Waals surface area contributed by atoms with Gasteiger partial charge in [0.2, 0.25) is 11.6 Å². The van der Waals surface area contributed by atoms with Gasteiger partial charge in [-0.25, -0.2) is 10.4 Å². The number of rotatable bonds is 4. The van der Waals surface area contributed by atoms with Crippen molar-refractivity contribution in [2.45, 2.75) is 46.0 Å². The SMILES string of the molecule is CC(C)c1nc(C#N)c(NN=Cc2ccc(C(C)(C)C)cc2)o1. The van der Waals surface area contributed by atoms with Gasteiger partial charge in [0.1, 0.15) is 6.07 Å². The van der Waals surface area contributed by atoms with E-state index in [9.17, 15) is 0 Å². The van der Waals surface area contributed by atoms with Crippen molar-refractivity contribution in [3.05, 3.63) is 47.0 Å². The summed E-state index contributed by atoms with van der Waals surface area (Å²) in [5.74, 6) is 0.916. The van der Waals surface area contributed by atoms with Crippen LogP contribution in [-0.4, -0.2) is 11.2 Å². The van der Waals surface area contributed by atoms with Crippen LogP contribution in [0, 0.1) is 11.3 Å². The number of aromatic nitrogens is 1. The molecule has 0 aliphatic heterocycles. The minimum absolute atomic E-state index is 0.117. The Morgan fingerprint density at radius 2 is 1.91 bits per heavy atom. The molecule has 0 bridgehead atoms. The van der Waals surface area contributed by atoms with E-state index in [2.05, 4.69) is 48.4 Å². The standard InChI is InChI=1S/C18H22N4O/c1-12(2)16-21-15(10-19)17(23-16)22-20-11-13-6-8-14(9-7-13)18(3,4)5/h6-9,11-12,22H,1-5H3. The molecular weight excluding hydrogens is 288 g/mol. The lowest BCUT2D eigenvalue weighted by atomic mass is 9.87. The first-order valence-corrected chi connectivity index (χ1v) is 7.61. The molecule has 120 valence electrons. The molecule has 0 spiro atoms. The van der Waals surface area contributed by atoms with E-state index in [0.717, 1.165) is 5.56 Å². The maximum absolute atomic E-state index is 9.07. The molecule has 1 aromatic carbocycles. The Morgan fingerprint density at radius 3 is 2.43 bits per heavy atom. The second-order valence-electron chi connectivity index (χ2n) is 6.74. The smallest absolute Gasteiger partial charge is 0.252 e. The molecular formula is C18H22N4O. The van der Waals surface area contributed by atoms with Crippen LogP contribution in [0.2, 0.25) is 0 Å². The van der Waals surface area contributed by atoms with Crippen LogP contribution in [0.25, 0.3) is 0 Å². The fraction of sp³-hybridized carbons (Fsp3) is 0.389. The first-order valence-electron chi connectivity index (χ1n) is 7.61. The van der Waals surface area contributed by atoms with Crippen molar-refractivity contribution in [2.75, 3.05) is 5.43 Å². The van der Waals surface area contributed by atoms with Crippen LogP contribution in [0.1, 0.15) is 63.2 Å². The summed E-state index contributed by atoms with van der Waals surface area (Å²) in [7, 11) is 0. The molecule has 1 aromatic heterocycles. The average molecular weight is 310 g/mol. The van der Waals surface area contributed by atoms with Gasteiger partial charge in [-0.15, -0.1) is 0 Å². The molecule has 0 fully saturated rings. The van der Waals surface area contributed by atoms with E-state index in [4.69, 9.17) is 9.68 Å². The molecule has 2 rings (SSSR count). The van der Waals surface area contributed by atoms with E-state index in [1.807, 2.05) is 32.0 Å². The number of nitriles is 1. The zero-order valence-electron chi connectivity index (χ0n) is 14.2. The number of oxazole rings is 1. The Labute approximate surface area is 137 Å². The molecule has 0 amide bonds. The van der Waals surface area contributed by atoms with E-state index in [0.29, 0.717) is 5.89 Å². The van der Waals surface area contributed by atoms with Crippen molar-refractivity contribution in [2.24, 2.45) is 5.10 Å². The summed E-state index contributed by atoms with van der Waals surface area (Å²) in [5, 5.41) is 13.2. The van der Waals surface area contributed by atoms with Gasteiger partial charge in [-0.05, 0) is 16.5 Å². The second kappa shape index (κ2) is 6.66. The summed E-state index contributed by atoms with van der Waals surface area (Å²) in [6.07, 6.45) is 1.69. The summed E-state index contributed by atoms with van der Waals surface area (Å²) in [4.78, 5) is 4.13. The van der Waals surface area contributed by atoms with Gasteiger partial charge >= 0.3 is 0 Å². The molecule has 5 heteroatoms. The molecule has 0 atom stereocenters. The topological polar surface area (TPSA) is 74.2 Å². The summed E-state index contributed by atoms with van der Waals surface area (Å²) < 4.78 is 5.51. The van der Waals surface area contributed by atoms with Gasteiger partial charge in [-0.2, -0.15) is 10.4 Å². The second-order valence-corrected chi connectivity index (χ2v) is 6.74. The molecule has 0 unspecified atom stereocenters. The van der Waals surface area contributed by atoms with Crippen LogP contribution in [0.3, 0.4) is 0 Å². The van der Waals surface area contributed by atoms with Gasteiger partial charge in [-0.3, -0.25) is 0 Å². The van der Waals surface area contributed by atoms with Gasteiger partial charge < -0.3 is 4.42 Å². The quantitative estimate of drug-likeness (QED) is 0.670. The zero-order chi connectivity index (χ0) is 17.0. The predicted octanol–water partition coefficient (Wildman–Crippen LogP) is 4.41. The Hall–Kier alpha value is -2.61. The van der Waals surface area contributed by atoms with Gasteiger partial charge in [-0.1, -0.05) is 58.9 Å². The fourth-order valence-corrected chi connectivity index (χ4v) is 1.97. The molecule has 23 heavy (non-hydrogen) atoms. The third-order valence-electron chi connectivity index (χ3n) is 3.40. The lowest BCUT2D eigenvalue weighted by Gasteiger charge is -2.18. The highest BCUT2D eigenvalue weighted by atomic mass is 16.4. The summed E-state index contributed by atoms with van der Waals surface area (Å²) in [5.41, 5.74) is 5.33. The van der Waals surface area contributed by atoms with Crippen LogP contribution >= 0.6 is 0 Å². The van der Waals surface area contributed by atoms with Crippen LogP contribution in [-0.2, 0) is 5.41 Å². The van der Waals surface area contributed by atoms with Gasteiger partial charge in [0.15, 0.2) is 0 Å². The van der Waals surface area contributed by atoms with Crippen molar-refractivity contribution in [1.29, 1.82) is 5.26 Å². The highest BCUT2D eigenvalue weighted by molar-refractivity contribution is 5.80. The highest BCUT2D eigenvalue weighted by Crippen LogP contribution is 2.23. The number of nitrogens with one attached hydrogen (secondary N) is 1. The molecule has 0 aliphatic carbocycles. The molecule has 0 aliphatic rings. The van der Waals surface area contributed by atoms with E-state index in [1.165, 1.54) is 5.56 Å². The van der Waals surface area contributed by atoms with E-state index < -0.39 is 0 Å². The maximum Gasteiger partial charge on any atom is 0.252 e. The van der Waals surface area contributed by atoms with Crippen molar-refractivity contribution in [3.63, 3.8) is 0 Å². The lowest BCUT2D eigenvalue weighted by molar-refractivity contribution is 0.481. The van der Waals surface area contributed by atoms with Gasteiger partial charge in [0, 0.05) is 5.92 Å². The number of hydrazone groups is 1. The number of nitrogens with zero attached hydrogens (tertiary/aromatic N) is 3. The monoisotopic (exact) mass is 310 g/mol. The Balaban J connectivity index is 2.09. The first-order chi connectivity index (χ1) is 10.8. The molecule has 1 N–H and O–H groups in total. The molecule has 0 saturated carbocycles. The summed E-state index contributed by atoms with van der Waals surface area (Å²) in [6, 6.07) is 10.2. The molecule has 1 heterocycles. The van der Waals surface area contributed by atoms with Crippen molar-refractivity contribution < 1.29 is 4.42 Å². The van der Waals surface area contributed by atoms with E-state index in [-0.39, 0.29) is 22.9 Å². The fourth-order valence-electron chi connectivity index (χ4n) is 1.97. The maximum atomic E-state index is 9.07. The van der Waals surface area contributed by atoms with Crippen LogP contribution < -0.4 is 5.43 Å². The number of anilines is 1. The minimum atomic E-state index is 0.117.